The Labute approximate surface area is 121 Å². The molecular weight excluding hydrogens is 308 g/mol. The van der Waals surface area contributed by atoms with Crippen molar-refractivity contribution in [1.82, 2.24) is 0 Å². The van der Waals surface area contributed by atoms with Crippen LogP contribution in [-0.4, -0.2) is 18.8 Å². The summed E-state index contributed by atoms with van der Waals surface area (Å²) in [5, 5.41) is 7.37. The van der Waals surface area contributed by atoms with Gasteiger partial charge in [-0.05, 0) is 24.6 Å². The molecule has 0 aliphatic carbocycles. The van der Waals surface area contributed by atoms with E-state index in [1.807, 2.05) is 18.2 Å². The Morgan fingerprint density at radius 1 is 1.37 bits per heavy atom. The SMILES string of the molecule is CCCCCOc1ccc(Br)cc1C=NN=C(N)N. The quantitative estimate of drug-likeness (QED) is 0.349. The van der Waals surface area contributed by atoms with Crippen molar-refractivity contribution >= 4 is 28.1 Å². The minimum Gasteiger partial charge on any atom is -0.493 e. The Morgan fingerprint density at radius 3 is 2.84 bits per heavy atom. The Bertz CT molecular complexity index is 456. The number of benzene rings is 1. The molecule has 6 heteroatoms. The lowest BCUT2D eigenvalue weighted by Gasteiger charge is -2.08. The molecule has 19 heavy (non-hydrogen) atoms. The third-order valence-corrected chi connectivity index (χ3v) is 2.84. The van der Waals surface area contributed by atoms with Crippen LogP contribution < -0.4 is 16.2 Å². The van der Waals surface area contributed by atoms with Crippen molar-refractivity contribution in [3.8, 4) is 5.75 Å². The number of halogens is 1. The maximum atomic E-state index is 5.73. The van der Waals surface area contributed by atoms with E-state index in [0.29, 0.717) is 6.61 Å². The molecule has 0 aliphatic rings. The fraction of sp³-hybridized carbons (Fsp3) is 0.385. The van der Waals surface area contributed by atoms with E-state index in [1.54, 1.807) is 6.21 Å². The fourth-order valence-electron chi connectivity index (χ4n) is 1.44. The Balaban J connectivity index is 2.74. The third-order valence-electron chi connectivity index (χ3n) is 2.35. The van der Waals surface area contributed by atoms with Gasteiger partial charge in [-0.2, -0.15) is 5.10 Å². The number of guanidine groups is 1. The van der Waals surface area contributed by atoms with Gasteiger partial charge in [0.25, 0.3) is 0 Å². The van der Waals surface area contributed by atoms with Crippen LogP contribution in [0.1, 0.15) is 31.7 Å². The van der Waals surface area contributed by atoms with Crippen molar-refractivity contribution in [1.29, 1.82) is 0 Å². The minimum absolute atomic E-state index is 0.0725. The highest BCUT2D eigenvalue weighted by Crippen LogP contribution is 2.22. The molecule has 0 unspecified atom stereocenters. The highest BCUT2D eigenvalue weighted by atomic mass is 79.9. The van der Waals surface area contributed by atoms with E-state index in [4.69, 9.17) is 16.2 Å². The van der Waals surface area contributed by atoms with E-state index >= 15 is 0 Å². The normalized spacial score (nSPS) is 10.6. The maximum Gasteiger partial charge on any atom is 0.211 e. The van der Waals surface area contributed by atoms with Crippen molar-refractivity contribution in [2.75, 3.05) is 6.61 Å². The summed E-state index contributed by atoms with van der Waals surface area (Å²) in [7, 11) is 0. The highest BCUT2D eigenvalue weighted by molar-refractivity contribution is 9.10. The topological polar surface area (TPSA) is 86.0 Å². The number of nitrogens with zero attached hydrogens (tertiary/aromatic N) is 2. The van der Waals surface area contributed by atoms with Gasteiger partial charge in [0.05, 0.1) is 12.8 Å². The molecule has 1 rings (SSSR count). The molecule has 1 aromatic carbocycles. The summed E-state index contributed by atoms with van der Waals surface area (Å²) in [4.78, 5) is 0. The molecule has 0 heterocycles. The van der Waals surface area contributed by atoms with Crippen LogP contribution in [0.25, 0.3) is 0 Å². The van der Waals surface area contributed by atoms with Crippen molar-refractivity contribution in [2.24, 2.45) is 21.7 Å². The molecule has 0 bridgehead atoms. The molecule has 0 radical (unpaired) electrons. The maximum absolute atomic E-state index is 5.73. The summed E-state index contributed by atoms with van der Waals surface area (Å²) < 4.78 is 6.67. The summed E-state index contributed by atoms with van der Waals surface area (Å²) >= 11 is 3.41. The first-order valence-electron chi connectivity index (χ1n) is 6.17. The zero-order chi connectivity index (χ0) is 14.1. The van der Waals surface area contributed by atoms with Gasteiger partial charge in [0.15, 0.2) is 0 Å². The fourth-order valence-corrected chi connectivity index (χ4v) is 1.82. The van der Waals surface area contributed by atoms with E-state index in [1.165, 1.54) is 6.42 Å². The number of unbranched alkanes of at least 4 members (excludes halogenated alkanes) is 2. The molecule has 1 aromatic rings. The van der Waals surface area contributed by atoms with Gasteiger partial charge in [-0.25, -0.2) is 0 Å². The molecule has 4 N–H and O–H groups in total. The zero-order valence-corrected chi connectivity index (χ0v) is 12.6. The van der Waals surface area contributed by atoms with E-state index in [2.05, 4.69) is 33.1 Å². The van der Waals surface area contributed by atoms with Gasteiger partial charge in [0, 0.05) is 10.0 Å². The van der Waals surface area contributed by atoms with Crippen molar-refractivity contribution < 1.29 is 4.74 Å². The first-order valence-corrected chi connectivity index (χ1v) is 6.97. The molecule has 0 spiro atoms. The molecule has 0 aromatic heterocycles. The van der Waals surface area contributed by atoms with E-state index in [-0.39, 0.29) is 5.96 Å². The van der Waals surface area contributed by atoms with E-state index in [0.717, 1.165) is 28.6 Å². The number of hydrogen-bond donors (Lipinski definition) is 2. The predicted molar refractivity (Wildman–Crippen MR) is 82.6 cm³/mol. The van der Waals surface area contributed by atoms with Crippen LogP contribution >= 0.6 is 15.9 Å². The van der Waals surface area contributed by atoms with E-state index in [9.17, 15) is 0 Å². The largest absolute Gasteiger partial charge is 0.493 e. The van der Waals surface area contributed by atoms with Gasteiger partial charge >= 0.3 is 0 Å². The third kappa shape index (κ3) is 6.24. The lowest BCUT2D eigenvalue weighted by atomic mass is 10.2. The number of ether oxygens (including phenoxy) is 1. The van der Waals surface area contributed by atoms with Gasteiger partial charge in [0.1, 0.15) is 5.75 Å². The second-order valence-electron chi connectivity index (χ2n) is 4.01. The van der Waals surface area contributed by atoms with Crippen LogP contribution in [0.4, 0.5) is 0 Å². The standard InChI is InChI=1S/C13H19BrN4O/c1-2-3-4-7-19-12-6-5-11(14)8-10(12)9-17-18-13(15)16/h5-6,8-9H,2-4,7H2,1H3,(H4,15,16,18). The van der Waals surface area contributed by atoms with Gasteiger partial charge in [0.2, 0.25) is 5.96 Å². The van der Waals surface area contributed by atoms with Crippen LogP contribution in [0, 0.1) is 0 Å². The predicted octanol–water partition coefficient (Wildman–Crippen LogP) is 2.63. The van der Waals surface area contributed by atoms with Crippen LogP contribution in [0.3, 0.4) is 0 Å². The zero-order valence-electron chi connectivity index (χ0n) is 11.0. The molecule has 0 aliphatic heterocycles. The molecule has 5 nitrogen and oxygen atoms in total. The monoisotopic (exact) mass is 326 g/mol. The van der Waals surface area contributed by atoms with Gasteiger partial charge in [-0.3, -0.25) is 0 Å². The summed E-state index contributed by atoms with van der Waals surface area (Å²) in [5.41, 5.74) is 11.3. The van der Waals surface area contributed by atoms with Crippen molar-refractivity contribution in [2.45, 2.75) is 26.2 Å². The first-order chi connectivity index (χ1) is 9.13. The molecular formula is C13H19BrN4O. The van der Waals surface area contributed by atoms with Gasteiger partial charge < -0.3 is 16.2 Å². The number of rotatable bonds is 7. The average molecular weight is 327 g/mol. The summed E-state index contributed by atoms with van der Waals surface area (Å²) in [6.45, 7) is 2.85. The number of hydrogen-bond acceptors (Lipinski definition) is 3. The summed E-state index contributed by atoms with van der Waals surface area (Å²) in [6.07, 6.45) is 4.94. The Hall–Kier alpha value is -1.56. The van der Waals surface area contributed by atoms with Gasteiger partial charge in [-0.15, -0.1) is 5.10 Å². The van der Waals surface area contributed by atoms with Crippen molar-refractivity contribution in [3.05, 3.63) is 28.2 Å². The Morgan fingerprint density at radius 2 is 2.16 bits per heavy atom. The minimum atomic E-state index is -0.0725. The average Bonchev–Trinajstić information content (AvgIpc) is 2.36. The lowest BCUT2D eigenvalue weighted by molar-refractivity contribution is 0.306. The van der Waals surface area contributed by atoms with Crippen LogP contribution in [-0.2, 0) is 0 Å². The second-order valence-corrected chi connectivity index (χ2v) is 4.92. The van der Waals surface area contributed by atoms with Crippen molar-refractivity contribution in [3.63, 3.8) is 0 Å². The van der Waals surface area contributed by atoms with Crippen LogP contribution in [0.5, 0.6) is 5.75 Å². The molecule has 0 atom stereocenters. The lowest BCUT2D eigenvalue weighted by Crippen LogP contribution is -2.21. The van der Waals surface area contributed by atoms with E-state index < -0.39 is 0 Å². The first kappa shape index (κ1) is 15.5. The smallest absolute Gasteiger partial charge is 0.211 e. The summed E-state index contributed by atoms with van der Waals surface area (Å²) in [5.74, 6) is 0.700. The van der Waals surface area contributed by atoms with Gasteiger partial charge in [-0.1, -0.05) is 35.7 Å². The molecule has 0 fully saturated rings. The Kier molecular flexibility index (Phi) is 6.95. The van der Waals surface area contributed by atoms with Crippen LogP contribution in [0.2, 0.25) is 0 Å². The molecule has 0 saturated heterocycles. The second kappa shape index (κ2) is 8.53. The molecule has 0 saturated carbocycles. The molecule has 104 valence electrons. The van der Waals surface area contributed by atoms with Crippen LogP contribution in [0.15, 0.2) is 32.9 Å². The summed E-state index contributed by atoms with van der Waals surface area (Å²) in [6, 6.07) is 5.72. The highest BCUT2D eigenvalue weighted by Gasteiger charge is 2.02. The molecule has 0 amide bonds. The number of nitrogens with two attached hydrogens (primary N) is 2.